The molecule has 278 valence electrons. The van der Waals surface area contributed by atoms with Crippen LogP contribution in [0, 0.1) is 0 Å². The third-order valence-corrected chi connectivity index (χ3v) is 33.6. The summed E-state index contributed by atoms with van der Waals surface area (Å²) in [6.07, 6.45) is 13.5. The molecule has 0 rings (SSSR count). The van der Waals surface area contributed by atoms with Crippen LogP contribution in [0.3, 0.4) is 0 Å². The van der Waals surface area contributed by atoms with Crippen molar-refractivity contribution >= 4 is 38.4 Å². The van der Waals surface area contributed by atoms with Gasteiger partial charge in [0.2, 0.25) is 0 Å². The van der Waals surface area contributed by atoms with Crippen LogP contribution in [0.1, 0.15) is 134 Å². The molecule has 0 unspecified atom stereocenters. The molecule has 0 aliphatic rings. The molecule has 0 bridgehead atoms. The fourth-order valence-corrected chi connectivity index (χ4v) is 21.0. The molecule has 0 amide bonds. The summed E-state index contributed by atoms with van der Waals surface area (Å²) < 4.78 is 19.6. The van der Waals surface area contributed by atoms with E-state index in [1.54, 1.807) is 0 Å². The van der Waals surface area contributed by atoms with E-state index in [0.717, 1.165) is 94.0 Å². The monoisotopic (exact) mass is 714 g/mol. The molecule has 1 N–H and O–H groups in total. The van der Waals surface area contributed by atoms with E-state index in [1.165, 1.54) is 0 Å². The van der Waals surface area contributed by atoms with Gasteiger partial charge in [0.15, 0.2) is 0 Å². The van der Waals surface area contributed by atoms with E-state index in [2.05, 4.69) is 83.1 Å². The quantitative estimate of drug-likeness (QED) is 0.0891. The Labute approximate surface area is 284 Å². The van der Waals surface area contributed by atoms with Crippen LogP contribution in [-0.4, -0.2) is 103 Å². The zero-order valence-corrected chi connectivity index (χ0v) is 35.1. The van der Waals surface area contributed by atoms with Crippen molar-refractivity contribution in [3.63, 3.8) is 0 Å². The average Bonchev–Trinajstić information content (AvgIpc) is 3.07. The van der Waals surface area contributed by atoms with Gasteiger partial charge in [0.1, 0.15) is 0 Å². The summed E-state index contributed by atoms with van der Waals surface area (Å²) in [5.41, 5.74) is -2.37. The Morgan fingerprint density at radius 1 is 0.457 bits per heavy atom. The molecule has 0 aromatic rings. The van der Waals surface area contributed by atoms with Crippen LogP contribution in [-0.2, 0) is 28.0 Å². The van der Waals surface area contributed by atoms with Crippen molar-refractivity contribution in [1.82, 2.24) is 0 Å². The summed E-state index contributed by atoms with van der Waals surface area (Å²) in [7, 11) is 0. The van der Waals surface area contributed by atoms with Crippen LogP contribution in [0.5, 0.6) is 0 Å². The second kappa shape index (κ2) is 18.6. The van der Waals surface area contributed by atoms with Crippen LogP contribution in [0.15, 0.2) is 0 Å². The summed E-state index contributed by atoms with van der Waals surface area (Å²) in [4.78, 5) is 42.4. The Kier molecular flexibility index (Phi) is 18.5. The summed E-state index contributed by atoms with van der Waals surface area (Å²) in [5, 5.41) is 12.3. The van der Waals surface area contributed by atoms with E-state index in [0.29, 0.717) is 18.5 Å². The van der Waals surface area contributed by atoms with Gasteiger partial charge in [0, 0.05) is 0 Å². The molecule has 0 saturated heterocycles. The first-order chi connectivity index (χ1) is 21.5. The molecule has 46 heavy (non-hydrogen) atoms. The normalized spacial score (nSPS) is 16.5. The van der Waals surface area contributed by atoms with Crippen LogP contribution < -0.4 is 0 Å². The molecule has 0 fully saturated rings. The van der Waals surface area contributed by atoms with Gasteiger partial charge < -0.3 is 0 Å². The minimum absolute atomic E-state index is 0.613. The summed E-state index contributed by atoms with van der Waals surface area (Å²) in [5.74, 6) is -2.10. The van der Waals surface area contributed by atoms with Gasteiger partial charge in [-0.15, -0.1) is 0 Å². The second-order valence-corrected chi connectivity index (χ2v) is 33.1. The maximum absolute atomic E-state index is 14.4. The number of aliphatic hydroxyl groups is 1. The number of rotatable bonds is 26. The van der Waals surface area contributed by atoms with Crippen molar-refractivity contribution in [3.05, 3.63) is 0 Å². The first-order valence-electron chi connectivity index (χ1n) is 18.9. The topological polar surface area (TPSA) is 99.1 Å². The number of carbonyl (C=O) groups is 3. The Hall–Kier alpha value is -0.340. The number of carbonyl (C=O) groups excluding carboxylic acids is 3. The fourth-order valence-electron chi connectivity index (χ4n) is 7.47. The van der Waals surface area contributed by atoms with E-state index in [4.69, 9.17) is 13.6 Å². The first kappa shape index (κ1) is 45.7. The van der Waals surface area contributed by atoms with Crippen molar-refractivity contribution < 1.29 is 33.1 Å². The number of hydrogen-bond donors (Lipinski definition) is 1. The average molecular weight is 715 g/mol. The van der Waals surface area contributed by atoms with Crippen molar-refractivity contribution in [2.75, 3.05) is 73.9 Å². The van der Waals surface area contributed by atoms with Crippen LogP contribution in [0.4, 0.5) is 0 Å². The molecule has 0 radical (unpaired) electrons. The van der Waals surface area contributed by atoms with Gasteiger partial charge in [-0.25, -0.2) is 0 Å². The van der Waals surface area contributed by atoms with Crippen molar-refractivity contribution in [3.8, 4) is 0 Å². The molecule has 0 aromatic heterocycles. The third-order valence-electron chi connectivity index (χ3n) is 12.7. The molecule has 0 aromatic carbocycles. The van der Waals surface area contributed by atoms with Gasteiger partial charge in [-0.3, -0.25) is 0 Å². The first-order valence-corrected chi connectivity index (χ1v) is 27.6. The molecule has 0 saturated carbocycles. The van der Waals surface area contributed by atoms with Crippen molar-refractivity contribution in [2.45, 2.75) is 140 Å². The Balaban J connectivity index is 7.01. The zero-order chi connectivity index (χ0) is 35.8. The second-order valence-electron chi connectivity index (χ2n) is 14.3. The Morgan fingerprint density at radius 2 is 0.696 bits per heavy atom. The Morgan fingerprint density at radius 3 is 0.913 bits per heavy atom. The van der Waals surface area contributed by atoms with Crippen LogP contribution >= 0.6 is 20.5 Å². The van der Waals surface area contributed by atoms with Gasteiger partial charge in [0.25, 0.3) is 0 Å². The minimum atomic E-state index is -3.06. The number of unbranched alkanes of at least 4 members (excludes halogenated alkanes) is 3. The summed E-state index contributed by atoms with van der Waals surface area (Å²) in [6, 6.07) is 0. The third kappa shape index (κ3) is 10.3. The molecule has 0 spiro atoms. The summed E-state index contributed by atoms with van der Waals surface area (Å²) in [6.45, 7) is 16.2. The SMILES string of the molecule is CCCCP(CC)(CC)(CC)OC(=O)CC(O)(CC(=O)OP(CC)(CC)(CC)CCCC)C(=O)OP(CC)(CC)(CC)CCCC. The molecule has 0 atom stereocenters. The van der Waals surface area contributed by atoms with E-state index in [-0.39, 0.29) is 0 Å². The van der Waals surface area contributed by atoms with E-state index in [1.807, 2.05) is 0 Å². The molecule has 7 nitrogen and oxygen atoms in total. The van der Waals surface area contributed by atoms with Gasteiger partial charge in [-0.05, 0) is 0 Å². The van der Waals surface area contributed by atoms with Gasteiger partial charge >= 0.3 is 285 Å². The predicted octanol–water partition coefficient (Wildman–Crippen LogP) is 10.1. The van der Waals surface area contributed by atoms with Gasteiger partial charge in [0.05, 0.1) is 0 Å². The van der Waals surface area contributed by atoms with Gasteiger partial charge in [-0.1, -0.05) is 0 Å². The van der Waals surface area contributed by atoms with E-state index >= 15 is 0 Å². The summed E-state index contributed by atoms with van der Waals surface area (Å²) >= 11 is 0. The van der Waals surface area contributed by atoms with Gasteiger partial charge in [-0.2, -0.15) is 0 Å². The van der Waals surface area contributed by atoms with E-state index < -0.39 is 56.8 Å². The van der Waals surface area contributed by atoms with Crippen LogP contribution in [0.25, 0.3) is 0 Å². The standard InChI is InChI=1S/C36H77O7P3/c1-13-25-28-44(16-4,17-5,18-6)41-33(37)31-36(40,35(39)43-46(22-10,23-11,24-12)30-27-15-3)32-34(38)42-45(19-7,20-8,21-9)29-26-14-2/h40H,13-32H2,1-12H3. The van der Waals surface area contributed by atoms with Crippen molar-refractivity contribution in [1.29, 1.82) is 0 Å². The maximum atomic E-state index is 14.4. The molecule has 10 heteroatoms. The predicted molar refractivity (Wildman–Crippen MR) is 207 cm³/mol. The van der Waals surface area contributed by atoms with Crippen molar-refractivity contribution in [2.24, 2.45) is 0 Å². The molecule has 0 aliphatic carbocycles. The molecular weight excluding hydrogens is 637 g/mol. The molecule has 0 heterocycles. The Bertz CT molecular complexity index is 888. The van der Waals surface area contributed by atoms with E-state index in [9.17, 15) is 19.5 Å². The number of hydrogen-bond acceptors (Lipinski definition) is 7. The van der Waals surface area contributed by atoms with Crippen LogP contribution in [0.2, 0.25) is 0 Å². The molecule has 0 aliphatic heterocycles. The zero-order valence-electron chi connectivity index (χ0n) is 32.4. The molecular formula is C36H77O7P3. The fraction of sp³-hybridized carbons (Fsp3) is 0.917.